The second kappa shape index (κ2) is 33.1. The number of nitrogens with one attached hydrogen (secondary N) is 6. The van der Waals surface area contributed by atoms with Crippen LogP contribution in [0.15, 0.2) is 85.3 Å². The first-order valence-electron chi connectivity index (χ1n) is 31.6. The summed E-state index contributed by atoms with van der Waals surface area (Å²) in [6.07, 6.45) is 11.6. The van der Waals surface area contributed by atoms with Gasteiger partial charge < -0.3 is 70.9 Å². The number of aromatic nitrogens is 3. The van der Waals surface area contributed by atoms with E-state index in [1.165, 1.54) is 0 Å². The normalized spacial score (nSPS) is 18.1. The van der Waals surface area contributed by atoms with Gasteiger partial charge >= 0.3 is 0 Å². The van der Waals surface area contributed by atoms with E-state index in [-0.39, 0.29) is 73.7 Å². The lowest BCUT2D eigenvalue weighted by Crippen LogP contribution is -2.60. The quantitative estimate of drug-likeness (QED) is 0.0287. The van der Waals surface area contributed by atoms with Crippen molar-refractivity contribution in [3.63, 3.8) is 0 Å². The van der Waals surface area contributed by atoms with E-state index in [1.54, 1.807) is 19.5 Å². The number of aromatic amines is 1. The molecule has 2 aromatic heterocycles. The average Bonchev–Trinajstić information content (AvgIpc) is 3.05. The molecule has 1 saturated carbocycles. The lowest BCUT2D eigenvalue weighted by molar-refractivity contribution is -0.132. The predicted molar refractivity (Wildman–Crippen MR) is 338 cm³/mol. The molecule has 1 unspecified atom stereocenters. The Balaban J connectivity index is 0.629. The van der Waals surface area contributed by atoms with Gasteiger partial charge in [-0.1, -0.05) is 61.2 Å². The maximum Gasteiger partial charge on any atom is 0.251 e. The molecule has 4 aliphatic rings. The third-order valence-corrected chi connectivity index (χ3v) is 17.9. The van der Waals surface area contributed by atoms with Crippen LogP contribution in [0.3, 0.4) is 0 Å². The predicted octanol–water partition coefficient (Wildman–Crippen LogP) is 5.32. The van der Waals surface area contributed by atoms with Crippen LogP contribution in [-0.4, -0.2) is 196 Å². The molecule has 4 fully saturated rings. The van der Waals surface area contributed by atoms with Gasteiger partial charge in [-0.3, -0.25) is 28.9 Å². The van der Waals surface area contributed by atoms with Gasteiger partial charge in [-0.15, -0.1) is 0 Å². The number of hydrogen-bond donors (Lipinski definition) is 7. The molecule has 88 heavy (non-hydrogen) atoms. The third kappa shape index (κ3) is 18.4. The number of nitrogens with zero attached hydrogens (tertiary/aromatic N) is 6. The zero-order valence-corrected chi connectivity index (χ0v) is 52.0. The van der Waals surface area contributed by atoms with Gasteiger partial charge in [0.05, 0.1) is 70.2 Å². The van der Waals surface area contributed by atoms with Gasteiger partial charge in [-0.05, 0) is 105 Å². The SMILES string of the molecule is CCOc1cc(OC)ccc1CNCC(=O)N1CCCC(c2cccc(C(=O)N[C@@H](C(=O)NCCOCCOCCNCC(=O)N3CCN(CC[C@H](NC(=O)C4(N)CCN(c5ncnc6[nH]ccc56)CC4)c4ccc(Cl)cc4)CC3)C3CCCCC3)c2)C1. The van der Waals surface area contributed by atoms with Crippen molar-refractivity contribution in [2.45, 2.75) is 101 Å². The number of likely N-dealkylation sites (tertiary alicyclic amines) is 1. The minimum atomic E-state index is -1.03. The molecule has 5 aromatic rings. The Morgan fingerprint density at radius 1 is 0.784 bits per heavy atom. The number of amides is 5. The van der Waals surface area contributed by atoms with Gasteiger partial charge in [0.2, 0.25) is 23.6 Å². The fourth-order valence-electron chi connectivity index (χ4n) is 12.4. The summed E-state index contributed by atoms with van der Waals surface area (Å²) in [5.74, 6) is 1.76. The largest absolute Gasteiger partial charge is 0.497 e. The topological polar surface area (TPSA) is 263 Å². The highest BCUT2D eigenvalue weighted by atomic mass is 35.5. The summed E-state index contributed by atoms with van der Waals surface area (Å²) < 4.78 is 22.7. The number of nitrogens with two attached hydrogens (primary N) is 1. The summed E-state index contributed by atoms with van der Waals surface area (Å²) in [6, 6.07) is 21.9. The van der Waals surface area contributed by atoms with E-state index in [4.69, 9.17) is 36.3 Å². The van der Waals surface area contributed by atoms with E-state index in [2.05, 4.69) is 51.3 Å². The van der Waals surface area contributed by atoms with Crippen molar-refractivity contribution in [1.82, 2.24) is 56.2 Å². The van der Waals surface area contributed by atoms with Crippen LogP contribution >= 0.6 is 11.6 Å². The zero-order valence-electron chi connectivity index (χ0n) is 51.2. The summed E-state index contributed by atoms with van der Waals surface area (Å²) in [6.45, 7) is 11.3. The van der Waals surface area contributed by atoms with Gasteiger partial charge in [0.1, 0.15) is 35.3 Å². The fourth-order valence-corrected chi connectivity index (χ4v) is 12.6. The highest BCUT2D eigenvalue weighted by Crippen LogP contribution is 2.32. The molecule has 3 aliphatic heterocycles. The minimum absolute atomic E-state index is 0.0253. The number of methoxy groups -OCH3 is 1. The summed E-state index contributed by atoms with van der Waals surface area (Å²) in [4.78, 5) is 88.5. The van der Waals surface area contributed by atoms with Crippen LogP contribution in [0.4, 0.5) is 5.82 Å². The second-order valence-corrected chi connectivity index (χ2v) is 24.0. The second-order valence-electron chi connectivity index (χ2n) is 23.5. The highest BCUT2D eigenvalue weighted by molar-refractivity contribution is 6.30. The van der Waals surface area contributed by atoms with Crippen LogP contribution in [0.25, 0.3) is 11.0 Å². The summed E-state index contributed by atoms with van der Waals surface area (Å²) in [5.41, 5.74) is 10.00. The Labute approximate surface area is 522 Å². The van der Waals surface area contributed by atoms with Gasteiger partial charge in [0.25, 0.3) is 5.91 Å². The van der Waals surface area contributed by atoms with Gasteiger partial charge in [-0.25, -0.2) is 9.97 Å². The number of carbonyl (C=O) groups is 5. The van der Waals surface area contributed by atoms with E-state index < -0.39 is 11.6 Å². The van der Waals surface area contributed by atoms with Crippen molar-refractivity contribution in [3.05, 3.63) is 113 Å². The smallest absolute Gasteiger partial charge is 0.251 e. The molecule has 5 amide bonds. The molecule has 3 saturated heterocycles. The average molecular weight is 1230 g/mol. The number of anilines is 1. The first kappa shape index (κ1) is 65.5. The first-order valence-corrected chi connectivity index (χ1v) is 32.0. The Bertz CT molecular complexity index is 3060. The molecule has 5 heterocycles. The van der Waals surface area contributed by atoms with Crippen LogP contribution in [0.2, 0.25) is 5.02 Å². The molecule has 3 atom stereocenters. The maximum absolute atomic E-state index is 14.0. The molecular weight excluding hydrogens is 1140 g/mol. The number of H-pyrrole nitrogens is 1. The number of benzene rings is 3. The molecular formula is C65H90ClN13O9. The molecule has 22 nitrogen and oxygen atoms in total. The molecule has 0 bridgehead atoms. The monoisotopic (exact) mass is 1230 g/mol. The molecule has 1 aliphatic carbocycles. The first-order chi connectivity index (χ1) is 42.9. The zero-order chi connectivity index (χ0) is 61.7. The van der Waals surface area contributed by atoms with Crippen LogP contribution in [0, 0.1) is 5.92 Å². The Hall–Kier alpha value is -6.92. The number of carbonyl (C=O) groups excluding carboxylic acids is 5. The van der Waals surface area contributed by atoms with Gasteiger partial charge in [-0.2, -0.15) is 0 Å². The van der Waals surface area contributed by atoms with E-state index in [0.717, 1.165) is 104 Å². The summed E-state index contributed by atoms with van der Waals surface area (Å²) >= 11 is 6.26. The standard InChI is InChI=1S/C65H90ClN13O9/c1-3-88-56-40-53(85-2)19-16-50(56)41-69-43-58(81)79-27-8-13-51(44-79)48-11-7-12-49(39-48)62(82)75-59(47-9-5-4-6-10-47)63(83)71-26-36-87-38-37-86-35-25-68-42-57(80)77-33-31-76(32-34-77)28-21-55(46-14-17-52(66)18-15-46)74-64(84)65(67)22-29-78(30-23-65)61-54-20-24-70-60(54)72-45-73-61/h7,11-12,14-20,24,39-40,45,47,51,55,59,68-69H,3-6,8-10,13,21-23,25-38,41-44,67H2,1-2H3,(H,71,83)(H,74,84)(H,75,82)(H,70,72,73)/t51?,55-,59+/m0/s1. The molecule has 3 aromatic carbocycles. The molecule has 0 spiro atoms. The molecule has 0 radical (unpaired) electrons. The highest BCUT2D eigenvalue weighted by Gasteiger charge is 2.40. The number of ether oxygens (including phenoxy) is 4. The third-order valence-electron chi connectivity index (χ3n) is 17.6. The van der Waals surface area contributed by atoms with Crippen molar-refractivity contribution < 1.29 is 42.9 Å². The van der Waals surface area contributed by atoms with E-state index in [9.17, 15) is 24.0 Å². The number of halogens is 1. The fraction of sp³-hybridized carbons (Fsp3) is 0.554. The van der Waals surface area contributed by atoms with Crippen molar-refractivity contribution >= 4 is 58.0 Å². The van der Waals surface area contributed by atoms with E-state index >= 15 is 0 Å². The van der Waals surface area contributed by atoms with Crippen LogP contribution < -0.4 is 46.7 Å². The van der Waals surface area contributed by atoms with Crippen molar-refractivity contribution in [2.75, 3.05) is 130 Å². The summed E-state index contributed by atoms with van der Waals surface area (Å²) in [7, 11) is 1.62. The Morgan fingerprint density at radius 2 is 1.53 bits per heavy atom. The number of fused-ring (bicyclic) bond motifs is 1. The number of hydrogen-bond acceptors (Lipinski definition) is 16. The summed E-state index contributed by atoms with van der Waals surface area (Å²) in [5, 5.41) is 17.5. The van der Waals surface area contributed by atoms with E-state index in [0.29, 0.717) is 114 Å². The minimum Gasteiger partial charge on any atom is -0.497 e. The van der Waals surface area contributed by atoms with Crippen LogP contribution in [-0.2, 0) is 35.2 Å². The van der Waals surface area contributed by atoms with Crippen molar-refractivity contribution in [2.24, 2.45) is 11.7 Å². The maximum atomic E-state index is 14.0. The molecule has 23 heteroatoms. The number of piperidine rings is 2. The molecule has 476 valence electrons. The van der Waals surface area contributed by atoms with Gasteiger partial charge in [0, 0.05) is 113 Å². The Kier molecular flexibility index (Phi) is 24.6. The van der Waals surface area contributed by atoms with Crippen molar-refractivity contribution in [1.29, 1.82) is 0 Å². The number of piperazine rings is 1. The lowest BCUT2D eigenvalue weighted by atomic mass is 9.83. The van der Waals surface area contributed by atoms with Crippen LogP contribution in [0.5, 0.6) is 11.5 Å². The lowest BCUT2D eigenvalue weighted by Gasteiger charge is -2.39. The Morgan fingerprint density at radius 3 is 2.30 bits per heavy atom. The van der Waals surface area contributed by atoms with E-state index in [1.807, 2.05) is 89.7 Å². The van der Waals surface area contributed by atoms with Crippen LogP contribution in [0.1, 0.15) is 110 Å². The van der Waals surface area contributed by atoms with Gasteiger partial charge in [0.15, 0.2) is 0 Å². The number of rotatable bonds is 30. The molecule has 8 N–H and O–H groups in total. The molecule has 9 rings (SSSR count). The van der Waals surface area contributed by atoms with Crippen molar-refractivity contribution in [3.8, 4) is 11.5 Å².